The third-order valence-electron chi connectivity index (χ3n) is 5.36. The molecule has 1 aromatic carbocycles. The number of aryl methyl sites for hydroxylation is 1. The van der Waals surface area contributed by atoms with E-state index in [2.05, 4.69) is 15.5 Å². The number of piperazine rings is 1. The van der Waals surface area contributed by atoms with Crippen molar-refractivity contribution in [1.29, 1.82) is 0 Å². The summed E-state index contributed by atoms with van der Waals surface area (Å²) in [7, 11) is 1.60. The summed E-state index contributed by atoms with van der Waals surface area (Å²) in [4.78, 5) is 29.3. The average Bonchev–Trinajstić information content (AvgIpc) is 3.16. The lowest BCUT2D eigenvalue weighted by Gasteiger charge is -2.29. The summed E-state index contributed by atoms with van der Waals surface area (Å²) in [5.74, 6) is 0.821. The molecule has 1 unspecified atom stereocenters. The quantitative estimate of drug-likeness (QED) is 0.783. The zero-order valence-corrected chi connectivity index (χ0v) is 16.3. The number of nitrogens with zero attached hydrogens (tertiary/aromatic N) is 2. The SMILES string of the molecule is COc1ccc(C)cc1NC(=O)C1CCCN1CCC(=O)N1CCNCC1. The van der Waals surface area contributed by atoms with E-state index in [1.807, 2.05) is 30.0 Å². The van der Waals surface area contributed by atoms with Crippen molar-refractivity contribution < 1.29 is 14.3 Å². The molecule has 0 aromatic heterocycles. The Bertz CT molecular complexity index is 673. The van der Waals surface area contributed by atoms with Gasteiger partial charge in [-0.25, -0.2) is 0 Å². The van der Waals surface area contributed by atoms with Gasteiger partial charge in [0.2, 0.25) is 11.8 Å². The van der Waals surface area contributed by atoms with E-state index in [4.69, 9.17) is 4.74 Å². The molecule has 2 heterocycles. The summed E-state index contributed by atoms with van der Waals surface area (Å²) in [5, 5.41) is 6.27. The number of hydrogen-bond donors (Lipinski definition) is 2. The monoisotopic (exact) mass is 374 g/mol. The van der Waals surface area contributed by atoms with Gasteiger partial charge < -0.3 is 20.3 Å². The minimum absolute atomic E-state index is 0.0222. The molecule has 2 saturated heterocycles. The second kappa shape index (κ2) is 9.19. The first-order valence-electron chi connectivity index (χ1n) is 9.76. The lowest BCUT2D eigenvalue weighted by molar-refractivity contribution is -0.132. The first-order valence-corrected chi connectivity index (χ1v) is 9.76. The van der Waals surface area contributed by atoms with Gasteiger partial charge in [0.05, 0.1) is 18.8 Å². The van der Waals surface area contributed by atoms with Gasteiger partial charge in [0.1, 0.15) is 5.75 Å². The Morgan fingerprint density at radius 2 is 2.04 bits per heavy atom. The number of hydrogen-bond acceptors (Lipinski definition) is 5. The number of likely N-dealkylation sites (tertiary alicyclic amines) is 1. The fourth-order valence-electron chi connectivity index (χ4n) is 3.84. The lowest BCUT2D eigenvalue weighted by atomic mass is 10.1. The summed E-state index contributed by atoms with van der Waals surface area (Å²) >= 11 is 0. The lowest BCUT2D eigenvalue weighted by Crippen LogP contribution is -2.47. The van der Waals surface area contributed by atoms with Crippen molar-refractivity contribution in [2.24, 2.45) is 0 Å². The van der Waals surface area contributed by atoms with Gasteiger partial charge in [0.25, 0.3) is 0 Å². The van der Waals surface area contributed by atoms with Crippen molar-refractivity contribution in [3.05, 3.63) is 23.8 Å². The number of benzene rings is 1. The van der Waals surface area contributed by atoms with E-state index < -0.39 is 0 Å². The highest BCUT2D eigenvalue weighted by Gasteiger charge is 2.31. The molecule has 0 radical (unpaired) electrons. The number of anilines is 1. The van der Waals surface area contributed by atoms with Crippen molar-refractivity contribution in [3.63, 3.8) is 0 Å². The first-order chi connectivity index (χ1) is 13.1. The minimum atomic E-state index is -0.189. The minimum Gasteiger partial charge on any atom is -0.495 e. The van der Waals surface area contributed by atoms with E-state index in [1.165, 1.54) is 0 Å². The number of nitrogens with one attached hydrogen (secondary N) is 2. The maximum absolute atomic E-state index is 12.8. The van der Waals surface area contributed by atoms with Crippen LogP contribution in [-0.2, 0) is 9.59 Å². The number of carbonyl (C=O) groups excluding carboxylic acids is 2. The van der Waals surface area contributed by atoms with Crippen molar-refractivity contribution in [2.75, 3.05) is 51.7 Å². The van der Waals surface area contributed by atoms with Gasteiger partial charge in [0.15, 0.2) is 0 Å². The number of rotatable bonds is 6. The molecule has 0 saturated carbocycles. The Labute approximate surface area is 161 Å². The van der Waals surface area contributed by atoms with Crippen LogP contribution in [0.15, 0.2) is 18.2 Å². The molecule has 0 bridgehead atoms. The summed E-state index contributed by atoms with van der Waals surface area (Å²) in [6.07, 6.45) is 2.27. The van der Waals surface area contributed by atoms with Crippen LogP contribution in [0.5, 0.6) is 5.75 Å². The molecule has 0 aliphatic carbocycles. The molecule has 3 rings (SSSR count). The van der Waals surface area contributed by atoms with E-state index in [0.717, 1.165) is 51.1 Å². The van der Waals surface area contributed by atoms with E-state index in [9.17, 15) is 9.59 Å². The van der Waals surface area contributed by atoms with Crippen LogP contribution in [-0.4, -0.2) is 74.0 Å². The number of carbonyl (C=O) groups is 2. The van der Waals surface area contributed by atoms with Crippen LogP contribution in [0.3, 0.4) is 0 Å². The summed E-state index contributed by atoms with van der Waals surface area (Å²) in [6.45, 7) is 6.74. The summed E-state index contributed by atoms with van der Waals surface area (Å²) < 4.78 is 5.35. The molecule has 2 aliphatic heterocycles. The largest absolute Gasteiger partial charge is 0.495 e. The van der Waals surface area contributed by atoms with E-state index in [0.29, 0.717) is 24.4 Å². The number of methoxy groups -OCH3 is 1. The number of ether oxygens (including phenoxy) is 1. The zero-order chi connectivity index (χ0) is 19.2. The molecule has 148 valence electrons. The van der Waals surface area contributed by atoms with Gasteiger partial charge in [-0.2, -0.15) is 0 Å². The molecular formula is C20H30N4O3. The normalized spacial score (nSPS) is 20.5. The Kier molecular flexibility index (Phi) is 6.68. The molecule has 2 N–H and O–H groups in total. The zero-order valence-electron chi connectivity index (χ0n) is 16.3. The Hall–Kier alpha value is -2.12. The number of amides is 2. The second-order valence-corrected chi connectivity index (χ2v) is 7.27. The highest BCUT2D eigenvalue weighted by molar-refractivity contribution is 5.96. The average molecular weight is 374 g/mol. The van der Waals surface area contributed by atoms with Gasteiger partial charge in [-0.3, -0.25) is 14.5 Å². The molecule has 7 nitrogen and oxygen atoms in total. The van der Waals surface area contributed by atoms with Crippen molar-refractivity contribution in [3.8, 4) is 5.75 Å². The topological polar surface area (TPSA) is 73.9 Å². The van der Waals surface area contributed by atoms with Crippen LogP contribution in [0.4, 0.5) is 5.69 Å². The maximum Gasteiger partial charge on any atom is 0.241 e. The molecule has 1 aromatic rings. The van der Waals surface area contributed by atoms with Gasteiger partial charge >= 0.3 is 0 Å². The summed E-state index contributed by atoms with van der Waals surface area (Å²) in [6, 6.07) is 5.55. The van der Waals surface area contributed by atoms with E-state index in [1.54, 1.807) is 7.11 Å². The van der Waals surface area contributed by atoms with Crippen molar-refractivity contribution in [2.45, 2.75) is 32.2 Å². The van der Waals surface area contributed by atoms with Gasteiger partial charge in [-0.05, 0) is 44.0 Å². The first kappa shape index (κ1) is 19.6. The van der Waals surface area contributed by atoms with Crippen molar-refractivity contribution >= 4 is 17.5 Å². The standard InChI is InChI=1S/C20H30N4O3/c1-15-5-6-18(27-2)16(14-15)22-20(26)17-4-3-10-23(17)11-7-19(25)24-12-8-21-9-13-24/h5-6,14,17,21H,3-4,7-13H2,1-2H3,(H,22,26). The third kappa shape index (κ3) is 4.99. The van der Waals surface area contributed by atoms with E-state index >= 15 is 0 Å². The summed E-state index contributed by atoms with van der Waals surface area (Å²) in [5.41, 5.74) is 1.77. The molecular weight excluding hydrogens is 344 g/mol. The van der Waals surface area contributed by atoms with E-state index in [-0.39, 0.29) is 17.9 Å². The third-order valence-corrected chi connectivity index (χ3v) is 5.36. The fourth-order valence-corrected chi connectivity index (χ4v) is 3.84. The van der Waals surface area contributed by atoms with Gasteiger partial charge in [0, 0.05) is 39.1 Å². The predicted octanol–water partition coefficient (Wildman–Crippen LogP) is 1.23. The van der Waals surface area contributed by atoms with Gasteiger partial charge in [-0.15, -0.1) is 0 Å². The van der Waals surface area contributed by atoms with Crippen molar-refractivity contribution in [1.82, 2.24) is 15.1 Å². The molecule has 27 heavy (non-hydrogen) atoms. The molecule has 2 fully saturated rings. The fraction of sp³-hybridized carbons (Fsp3) is 0.600. The smallest absolute Gasteiger partial charge is 0.241 e. The van der Waals surface area contributed by atoms with Gasteiger partial charge in [-0.1, -0.05) is 6.07 Å². The second-order valence-electron chi connectivity index (χ2n) is 7.27. The highest BCUT2D eigenvalue weighted by atomic mass is 16.5. The molecule has 1 atom stereocenters. The van der Waals surface area contributed by atoms with Crippen LogP contribution in [0.25, 0.3) is 0 Å². The van der Waals surface area contributed by atoms with Crippen LogP contribution in [0, 0.1) is 6.92 Å². The molecule has 0 spiro atoms. The Balaban J connectivity index is 1.56. The van der Waals surface area contributed by atoms with Crippen LogP contribution >= 0.6 is 0 Å². The van der Waals surface area contributed by atoms with Crippen LogP contribution in [0.2, 0.25) is 0 Å². The van der Waals surface area contributed by atoms with Crippen LogP contribution < -0.4 is 15.4 Å². The molecule has 7 heteroatoms. The molecule has 2 amide bonds. The predicted molar refractivity (Wildman–Crippen MR) is 105 cm³/mol. The Morgan fingerprint density at radius 3 is 2.78 bits per heavy atom. The molecule has 2 aliphatic rings. The highest BCUT2D eigenvalue weighted by Crippen LogP contribution is 2.27. The maximum atomic E-state index is 12.8. The van der Waals surface area contributed by atoms with Crippen LogP contribution in [0.1, 0.15) is 24.8 Å². The Morgan fingerprint density at radius 1 is 1.26 bits per heavy atom.